The molecular weight excluding hydrogens is 182 g/mol. The van der Waals surface area contributed by atoms with Gasteiger partial charge >= 0.3 is 0 Å². The molecule has 0 aliphatic carbocycles. The van der Waals surface area contributed by atoms with Gasteiger partial charge in [0.05, 0.1) is 0 Å². The van der Waals surface area contributed by atoms with E-state index in [1.807, 2.05) is 0 Å². The summed E-state index contributed by atoms with van der Waals surface area (Å²) in [7, 11) is 0. The highest BCUT2D eigenvalue weighted by atomic mass is 35.5. The molecule has 0 spiro atoms. The first kappa shape index (κ1) is 13.2. The largest absolute Gasteiger partial charge is 0.315 e. The lowest BCUT2D eigenvalue weighted by atomic mass is 9.99. The van der Waals surface area contributed by atoms with Crippen LogP contribution in [0.15, 0.2) is 0 Å². The summed E-state index contributed by atoms with van der Waals surface area (Å²) in [5.41, 5.74) is 0. The Labute approximate surface area is 88.2 Å². The van der Waals surface area contributed by atoms with Gasteiger partial charge in [0, 0.05) is 11.9 Å². The second-order valence-electron chi connectivity index (χ2n) is 4.14. The normalized spacial score (nSPS) is 14.1. The molecule has 0 radical (unpaired) electrons. The summed E-state index contributed by atoms with van der Waals surface area (Å²) < 4.78 is 0. The van der Waals surface area contributed by atoms with Crippen LogP contribution in [-0.2, 0) is 0 Å². The van der Waals surface area contributed by atoms with Crippen LogP contribution in [-0.4, -0.2) is 18.5 Å². The molecule has 13 heavy (non-hydrogen) atoms. The molecule has 80 valence electrons. The van der Waals surface area contributed by atoms with Crippen molar-refractivity contribution in [1.29, 1.82) is 0 Å². The van der Waals surface area contributed by atoms with Crippen molar-refractivity contribution in [3.63, 3.8) is 0 Å². The first-order valence-corrected chi connectivity index (χ1v) is 5.90. The first-order valence-electron chi connectivity index (χ1n) is 5.46. The molecule has 0 bridgehead atoms. The zero-order valence-corrected chi connectivity index (χ0v) is 10.2. The van der Waals surface area contributed by atoms with Crippen LogP contribution in [0.2, 0.25) is 0 Å². The molecule has 0 rings (SSSR count). The number of rotatable bonds is 7. The Balaban J connectivity index is 3.53. The molecule has 0 aliphatic rings. The summed E-state index contributed by atoms with van der Waals surface area (Å²) in [6.45, 7) is 10.9. The van der Waals surface area contributed by atoms with Gasteiger partial charge in [-0.15, -0.1) is 11.6 Å². The fourth-order valence-corrected chi connectivity index (χ4v) is 1.94. The maximum Gasteiger partial charge on any atom is 0.0488 e. The van der Waals surface area contributed by atoms with Gasteiger partial charge in [-0.1, -0.05) is 40.5 Å². The summed E-state index contributed by atoms with van der Waals surface area (Å²) in [6, 6.07) is 0. The number of nitrogens with one attached hydrogen (secondary N) is 1. The Kier molecular flexibility index (Phi) is 7.78. The topological polar surface area (TPSA) is 12.0 Å². The van der Waals surface area contributed by atoms with Gasteiger partial charge in [0.2, 0.25) is 0 Å². The van der Waals surface area contributed by atoms with Gasteiger partial charge in [-0.25, -0.2) is 0 Å². The van der Waals surface area contributed by atoms with Crippen LogP contribution < -0.4 is 5.32 Å². The Bertz CT molecular complexity index is 111. The van der Waals surface area contributed by atoms with Crippen molar-refractivity contribution in [1.82, 2.24) is 5.32 Å². The first-order chi connectivity index (χ1) is 6.11. The predicted octanol–water partition coefficient (Wildman–Crippen LogP) is 3.28. The van der Waals surface area contributed by atoms with Crippen molar-refractivity contribution in [3.05, 3.63) is 0 Å². The number of hydrogen-bond acceptors (Lipinski definition) is 1. The third kappa shape index (κ3) is 6.34. The second-order valence-corrected chi connectivity index (χ2v) is 4.71. The van der Waals surface area contributed by atoms with E-state index in [1.54, 1.807) is 0 Å². The van der Waals surface area contributed by atoms with Crippen molar-refractivity contribution in [2.24, 2.45) is 11.8 Å². The molecule has 1 atom stereocenters. The molecule has 0 aliphatic heterocycles. The van der Waals surface area contributed by atoms with Gasteiger partial charge in [-0.2, -0.15) is 0 Å². The highest BCUT2D eigenvalue weighted by Crippen LogP contribution is 2.17. The average molecular weight is 206 g/mol. The van der Waals surface area contributed by atoms with Crippen LogP contribution in [0.5, 0.6) is 0 Å². The molecule has 0 heterocycles. The maximum atomic E-state index is 6.27. The minimum Gasteiger partial charge on any atom is -0.315 e. The average Bonchev–Trinajstić information content (AvgIpc) is 2.05. The fourth-order valence-electron chi connectivity index (χ4n) is 1.48. The predicted molar refractivity (Wildman–Crippen MR) is 61.4 cm³/mol. The second kappa shape index (κ2) is 7.64. The van der Waals surface area contributed by atoms with E-state index in [0.29, 0.717) is 17.2 Å². The van der Waals surface area contributed by atoms with E-state index in [9.17, 15) is 0 Å². The monoisotopic (exact) mass is 205 g/mol. The molecule has 1 unspecified atom stereocenters. The zero-order valence-electron chi connectivity index (χ0n) is 9.44. The molecule has 0 aromatic rings. The number of alkyl halides is 1. The van der Waals surface area contributed by atoms with Crippen LogP contribution in [0.3, 0.4) is 0 Å². The third-order valence-corrected chi connectivity index (χ3v) is 2.96. The molecule has 0 saturated carbocycles. The van der Waals surface area contributed by atoms with E-state index in [4.69, 9.17) is 11.6 Å². The van der Waals surface area contributed by atoms with Crippen molar-refractivity contribution >= 4 is 11.6 Å². The smallest absolute Gasteiger partial charge is 0.0488 e. The Morgan fingerprint density at radius 1 is 1.08 bits per heavy atom. The highest BCUT2D eigenvalue weighted by Gasteiger charge is 2.14. The standard InChI is InChI=1S/C11H24ClN/c1-5-10(6-2)11(12)8-13-7-9(3)4/h9-11,13H,5-8H2,1-4H3. The molecule has 0 saturated heterocycles. The SMILES string of the molecule is CCC(CC)C(Cl)CNCC(C)C. The van der Waals surface area contributed by atoms with Crippen LogP contribution in [0.1, 0.15) is 40.5 Å². The quantitative estimate of drug-likeness (QED) is 0.630. The molecule has 0 amide bonds. The summed E-state index contributed by atoms with van der Waals surface area (Å²) in [5.74, 6) is 1.38. The van der Waals surface area contributed by atoms with Crippen molar-refractivity contribution < 1.29 is 0 Å². The molecule has 0 fully saturated rings. The van der Waals surface area contributed by atoms with Gasteiger partial charge in [-0.05, 0) is 18.4 Å². The van der Waals surface area contributed by atoms with Gasteiger partial charge < -0.3 is 5.32 Å². The molecular formula is C11H24ClN. The van der Waals surface area contributed by atoms with Crippen LogP contribution in [0.25, 0.3) is 0 Å². The van der Waals surface area contributed by atoms with Crippen molar-refractivity contribution in [3.8, 4) is 0 Å². The molecule has 0 aromatic carbocycles. The molecule has 0 aromatic heterocycles. The Morgan fingerprint density at radius 3 is 2.00 bits per heavy atom. The summed E-state index contributed by atoms with van der Waals surface area (Å²) >= 11 is 6.27. The number of hydrogen-bond donors (Lipinski definition) is 1. The minimum atomic E-state index is 0.300. The van der Waals surface area contributed by atoms with Gasteiger partial charge in [-0.3, -0.25) is 0 Å². The van der Waals surface area contributed by atoms with E-state index in [0.717, 1.165) is 13.1 Å². The van der Waals surface area contributed by atoms with E-state index < -0.39 is 0 Å². The van der Waals surface area contributed by atoms with Gasteiger partial charge in [0.15, 0.2) is 0 Å². The van der Waals surface area contributed by atoms with E-state index in [2.05, 4.69) is 33.0 Å². The van der Waals surface area contributed by atoms with Crippen molar-refractivity contribution in [2.75, 3.05) is 13.1 Å². The van der Waals surface area contributed by atoms with E-state index in [1.165, 1.54) is 12.8 Å². The lowest BCUT2D eigenvalue weighted by Crippen LogP contribution is -2.30. The van der Waals surface area contributed by atoms with Crippen LogP contribution in [0.4, 0.5) is 0 Å². The molecule has 1 nitrogen and oxygen atoms in total. The van der Waals surface area contributed by atoms with Crippen LogP contribution >= 0.6 is 11.6 Å². The van der Waals surface area contributed by atoms with E-state index >= 15 is 0 Å². The van der Waals surface area contributed by atoms with Gasteiger partial charge in [0.25, 0.3) is 0 Å². The summed E-state index contributed by atoms with van der Waals surface area (Å²) in [6.07, 6.45) is 2.38. The third-order valence-electron chi connectivity index (χ3n) is 2.45. The van der Waals surface area contributed by atoms with Gasteiger partial charge in [0.1, 0.15) is 0 Å². The minimum absolute atomic E-state index is 0.300. The lowest BCUT2D eigenvalue weighted by Gasteiger charge is -2.20. The Hall–Kier alpha value is 0.250. The maximum absolute atomic E-state index is 6.27. The Morgan fingerprint density at radius 2 is 1.62 bits per heavy atom. The van der Waals surface area contributed by atoms with E-state index in [-0.39, 0.29) is 0 Å². The molecule has 2 heteroatoms. The fraction of sp³-hybridized carbons (Fsp3) is 1.00. The summed E-state index contributed by atoms with van der Waals surface area (Å²) in [4.78, 5) is 0. The van der Waals surface area contributed by atoms with Crippen molar-refractivity contribution in [2.45, 2.75) is 45.9 Å². The zero-order chi connectivity index (χ0) is 10.3. The lowest BCUT2D eigenvalue weighted by molar-refractivity contribution is 0.435. The number of halogens is 1. The highest BCUT2D eigenvalue weighted by molar-refractivity contribution is 6.21. The molecule has 1 N–H and O–H groups in total. The van der Waals surface area contributed by atoms with Crippen LogP contribution in [0, 0.1) is 11.8 Å². The summed E-state index contributed by atoms with van der Waals surface area (Å²) in [5, 5.41) is 3.70.